The van der Waals surface area contributed by atoms with Crippen molar-refractivity contribution in [2.45, 2.75) is 0 Å². The van der Waals surface area contributed by atoms with Gasteiger partial charge in [0.15, 0.2) is 17.6 Å². The van der Waals surface area contributed by atoms with Crippen molar-refractivity contribution in [3.63, 3.8) is 0 Å². The number of aldehydes is 1. The molecular weight excluding hydrogens is 203 g/mol. The molecule has 0 saturated heterocycles. The Hall–Kier alpha value is -2.17. The molecule has 0 aliphatic rings. The van der Waals surface area contributed by atoms with Crippen LogP contribution in [-0.2, 0) is 0 Å². The monoisotopic (exact) mass is 208 g/mol. The van der Waals surface area contributed by atoms with Crippen LogP contribution in [0, 0.1) is 5.82 Å². The molecule has 1 heterocycles. The number of aromatic carboxylic acids is 1. The standard InChI is InChI=1S/C10H5FO4/c11-7-2-1-5-3-6(4-12)15-9(5)8(7)10(13)14/h1-4H,(H,13,14). The van der Waals surface area contributed by atoms with Gasteiger partial charge in [-0.15, -0.1) is 0 Å². The number of carboxylic acid groups (broad SMARTS) is 1. The molecule has 2 aromatic rings. The number of furan rings is 1. The predicted octanol–water partition coefficient (Wildman–Crippen LogP) is 2.08. The Morgan fingerprint density at radius 1 is 1.47 bits per heavy atom. The van der Waals surface area contributed by atoms with Gasteiger partial charge in [0.25, 0.3) is 0 Å². The van der Waals surface area contributed by atoms with Crippen molar-refractivity contribution in [3.05, 3.63) is 35.3 Å². The fourth-order valence-electron chi connectivity index (χ4n) is 1.36. The maximum absolute atomic E-state index is 13.2. The Morgan fingerprint density at radius 2 is 2.20 bits per heavy atom. The Kier molecular flexibility index (Phi) is 2.00. The maximum Gasteiger partial charge on any atom is 0.342 e. The molecule has 0 amide bonds. The zero-order valence-electron chi connectivity index (χ0n) is 7.36. The Bertz CT molecular complexity index is 556. The fraction of sp³-hybridized carbons (Fsp3) is 0. The highest BCUT2D eigenvalue weighted by Gasteiger charge is 2.18. The third-order valence-corrected chi connectivity index (χ3v) is 1.98. The predicted molar refractivity (Wildman–Crippen MR) is 48.5 cm³/mol. The van der Waals surface area contributed by atoms with E-state index in [4.69, 9.17) is 9.52 Å². The van der Waals surface area contributed by atoms with E-state index >= 15 is 0 Å². The lowest BCUT2D eigenvalue weighted by Crippen LogP contribution is -2.00. The van der Waals surface area contributed by atoms with Gasteiger partial charge in [0.1, 0.15) is 11.4 Å². The summed E-state index contributed by atoms with van der Waals surface area (Å²) in [5, 5.41) is 9.14. The lowest BCUT2D eigenvalue weighted by Gasteiger charge is -1.97. The lowest BCUT2D eigenvalue weighted by atomic mass is 10.1. The molecule has 5 heteroatoms. The zero-order chi connectivity index (χ0) is 11.0. The van der Waals surface area contributed by atoms with E-state index in [0.29, 0.717) is 11.7 Å². The van der Waals surface area contributed by atoms with Crippen LogP contribution in [0.3, 0.4) is 0 Å². The van der Waals surface area contributed by atoms with E-state index in [1.807, 2.05) is 0 Å². The Balaban J connectivity index is 2.85. The Morgan fingerprint density at radius 3 is 2.80 bits per heavy atom. The number of carboxylic acids is 1. The first-order valence-corrected chi connectivity index (χ1v) is 4.04. The highest BCUT2D eigenvalue weighted by atomic mass is 19.1. The molecule has 0 unspecified atom stereocenters. The third kappa shape index (κ3) is 1.38. The van der Waals surface area contributed by atoms with Crippen molar-refractivity contribution in [2.75, 3.05) is 0 Å². The van der Waals surface area contributed by atoms with E-state index in [1.165, 1.54) is 12.1 Å². The summed E-state index contributed by atoms with van der Waals surface area (Å²) in [7, 11) is 0. The first-order chi connectivity index (χ1) is 7.13. The van der Waals surface area contributed by atoms with Crippen LogP contribution in [0.4, 0.5) is 4.39 Å². The van der Waals surface area contributed by atoms with Gasteiger partial charge in [-0.2, -0.15) is 0 Å². The Labute approximate surface area is 82.9 Å². The summed E-state index contributed by atoms with van der Waals surface area (Å²) in [4.78, 5) is 21.2. The second kappa shape index (κ2) is 3.20. The van der Waals surface area contributed by atoms with Crippen molar-refractivity contribution < 1.29 is 23.5 Å². The smallest absolute Gasteiger partial charge is 0.342 e. The van der Waals surface area contributed by atoms with Crippen LogP contribution < -0.4 is 0 Å². The van der Waals surface area contributed by atoms with Crippen LogP contribution in [0.2, 0.25) is 0 Å². The number of fused-ring (bicyclic) bond motifs is 1. The molecule has 0 bridgehead atoms. The average molecular weight is 208 g/mol. The maximum atomic E-state index is 13.2. The summed E-state index contributed by atoms with van der Waals surface area (Å²) in [6.07, 6.45) is 0.434. The SMILES string of the molecule is O=Cc1cc2ccc(F)c(C(=O)O)c2o1. The van der Waals surface area contributed by atoms with Gasteiger partial charge in [-0.25, -0.2) is 9.18 Å². The van der Waals surface area contributed by atoms with E-state index < -0.39 is 17.3 Å². The van der Waals surface area contributed by atoms with Crippen LogP contribution in [0.5, 0.6) is 0 Å². The minimum Gasteiger partial charge on any atom is -0.477 e. The van der Waals surface area contributed by atoms with Gasteiger partial charge in [0.2, 0.25) is 0 Å². The highest BCUT2D eigenvalue weighted by molar-refractivity contribution is 6.02. The minimum absolute atomic E-state index is 0.0295. The van der Waals surface area contributed by atoms with Gasteiger partial charge in [-0.3, -0.25) is 4.79 Å². The summed E-state index contributed by atoms with van der Waals surface area (Å²) in [6.45, 7) is 0. The van der Waals surface area contributed by atoms with Crippen LogP contribution in [0.25, 0.3) is 11.0 Å². The number of carbonyl (C=O) groups excluding carboxylic acids is 1. The summed E-state index contributed by atoms with van der Waals surface area (Å²) in [5.41, 5.74) is -0.676. The lowest BCUT2D eigenvalue weighted by molar-refractivity contribution is 0.0692. The number of hydrogen-bond acceptors (Lipinski definition) is 3. The molecule has 0 aliphatic carbocycles. The van der Waals surface area contributed by atoms with Crippen LogP contribution in [0.15, 0.2) is 22.6 Å². The number of carbonyl (C=O) groups is 2. The molecule has 1 aromatic heterocycles. The van der Waals surface area contributed by atoms with Gasteiger partial charge >= 0.3 is 5.97 Å². The second-order valence-electron chi connectivity index (χ2n) is 2.91. The number of rotatable bonds is 2. The van der Waals surface area contributed by atoms with Crippen molar-refractivity contribution in [2.24, 2.45) is 0 Å². The molecule has 76 valence electrons. The van der Waals surface area contributed by atoms with E-state index in [1.54, 1.807) is 0 Å². The topological polar surface area (TPSA) is 67.5 Å². The van der Waals surface area contributed by atoms with Gasteiger partial charge in [0.05, 0.1) is 0 Å². The number of halogens is 1. The molecule has 15 heavy (non-hydrogen) atoms. The first-order valence-electron chi connectivity index (χ1n) is 4.04. The average Bonchev–Trinajstić information content (AvgIpc) is 2.59. The molecule has 0 spiro atoms. The summed E-state index contributed by atoms with van der Waals surface area (Å²) in [6, 6.07) is 3.73. The van der Waals surface area contributed by atoms with Crippen molar-refractivity contribution >= 4 is 23.2 Å². The summed E-state index contributed by atoms with van der Waals surface area (Å²) in [5.74, 6) is -2.34. The van der Waals surface area contributed by atoms with Crippen molar-refractivity contribution in [1.29, 1.82) is 0 Å². The fourth-order valence-corrected chi connectivity index (χ4v) is 1.36. The van der Waals surface area contributed by atoms with Gasteiger partial charge < -0.3 is 9.52 Å². The quantitative estimate of drug-likeness (QED) is 0.767. The third-order valence-electron chi connectivity index (χ3n) is 1.98. The van der Waals surface area contributed by atoms with Gasteiger partial charge in [-0.1, -0.05) is 0 Å². The molecule has 4 nitrogen and oxygen atoms in total. The minimum atomic E-state index is -1.43. The highest BCUT2D eigenvalue weighted by Crippen LogP contribution is 2.24. The molecule has 2 rings (SSSR count). The molecule has 0 radical (unpaired) electrons. The van der Waals surface area contributed by atoms with Crippen LogP contribution in [0.1, 0.15) is 20.9 Å². The first kappa shape index (κ1) is 9.39. The van der Waals surface area contributed by atoms with E-state index in [0.717, 1.165) is 6.07 Å². The second-order valence-corrected chi connectivity index (χ2v) is 2.91. The summed E-state index contributed by atoms with van der Waals surface area (Å²) >= 11 is 0. The van der Waals surface area contributed by atoms with Gasteiger partial charge in [-0.05, 0) is 18.2 Å². The largest absolute Gasteiger partial charge is 0.477 e. The van der Waals surface area contributed by atoms with Crippen LogP contribution in [-0.4, -0.2) is 17.4 Å². The molecule has 0 aliphatic heterocycles. The molecule has 1 aromatic carbocycles. The zero-order valence-corrected chi connectivity index (χ0v) is 7.36. The molecule has 0 saturated carbocycles. The summed E-state index contributed by atoms with van der Waals surface area (Å²) < 4.78 is 18.1. The number of hydrogen-bond donors (Lipinski definition) is 1. The molecule has 1 N–H and O–H groups in total. The number of benzene rings is 1. The van der Waals surface area contributed by atoms with Gasteiger partial charge in [0, 0.05) is 5.39 Å². The molecule has 0 fully saturated rings. The van der Waals surface area contributed by atoms with E-state index in [2.05, 4.69) is 0 Å². The van der Waals surface area contributed by atoms with E-state index in [-0.39, 0.29) is 11.3 Å². The van der Waals surface area contributed by atoms with Crippen molar-refractivity contribution in [1.82, 2.24) is 0 Å². The molecular formula is C10H5FO4. The normalized spacial score (nSPS) is 10.5. The molecule has 0 atom stereocenters. The van der Waals surface area contributed by atoms with E-state index in [9.17, 15) is 14.0 Å². The van der Waals surface area contributed by atoms with Crippen LogP contribution >= 0.6 is 0 Å². The van der Waals surface area contributed by atoms with Crippen molar-refractivity contribution in [3.8, 4) is 0 Å².